The summed E-state index contributed by atoms with van der Waals surface area (Å²) in [5.41, 5.74) is -3.11. The zero-order valence-corrected chi connectivity index (χ0v) is 14.9. The number of benzene rings is 1. The Kier molecular flexibility index (Phi) is 4.04. The van der Waals surface area contributed by atoms with Crippen LogP contribution in [0.4, 0.5) is 0 Å². The average Bonchev–Trinajstić information content (AvgIpc) is 2.80. The van der Waals surface area contributed by atoms with Gasteiger partial charge in [0.05, 0.1) is 24.1 Å². The van der Waals surface area contributed by atoms with Gasteiger partial charge in [-0.15, -0.1) is 0 Å². The highest BCUT2D eigenvalue weighted by molar-refractivity contribution is 6.30. The lowest BCUT2D eigenvalue weighted by molar-refractivity contribution is -0.273. The summed E-state index contributed by atoms with van der Waals surface area (Å²) in [4.78, 5) is 0. The highest BCUT2D eigenvalue weighted by atomic mass is 35.5. The van der Waals surface area contributed by atoms with Gasteiger partial charge in [-0.2, -0.15) is 15.8 Å². The fourth-order valence-electron chi connectivity index (χ4n) is 3.93. The molecule has 0 radical (unpaired) electrons. The Labute approximate surface area is 156 Å². The van der Waals surface area contributed by atoms with Crippen molar-refractivity contribution in [3.8, 4) is 18.2 Å². The maximum Gasteiger partial charge on any atom is 0.244 e. The molecular weight excluding hydrogens is 352 g/mol. The molecule has 2 aliphatic heterocycles. The van der Waals surface area contributed by atoms with Crippen LogP contribution in [-0.2, 0) is 15.3 Å². The number of fused-ring (bicyclic) bond motifs is 2. The van der Waals surface area contributed by atoms with Crippen LogP contribution < -0.4 is 0 Å². The fourth-order valence-corrected chi connectivity index (χ4v) is 4.06. The Morgan fingerprint density at radius 3 is 2.27 bits per heavy atom. The molecule has 2 aliphatic rings. The molecule has 130 valence electrons. The van der Waals surface area contributed by atoms with Crippen molar-refractivity contribution in [2.45, 2.75) is 25.7 Å². The topological polar surface area (TPSA) is 114 Å². The minimum atomic E-state index is -1.91. The van der Waals surface area contributed by atoms with Gasteiger partial charge >= 0.3 is 0 Å². The first-order chi connectivity index (χ1) is 12.4. The Hall–Kier alpha value is -2.85. The molecule has 1 aromatic carbocycles. The van der Waals surface area contributed by atoms with E-state index in [9.17, 15) is 15.8 Å². The van der Waals surface area contributed by atoms with Gasteiger partial charge in [-0.3, -0.25) is 5.41 Å². The van der Waals surface area contributed by atoms with Crippen LogP contribution in [0.3, 0.4) is 0 Å². The van der Waals surface area contributed by atoms with E-state index >= 15 is 0 Å². The van der Waals surface area contributed by atoms with Gasteiger partial charge in [0.1, 0.15) is 6.10 Å². The Bertz CT molecular complexity index is 907. The van der Waals surface area contributed by atoms with Crippen LogP contribution in [0.15, 0.2) is 36.4 Å². The van der Waals surface area contributed by atoms with Crippen LogP contribution in [0.1, 0.15) is 19.4 Å². The van der Waals surface area contributed by atoms with E-state index in [1.54, 1.807) is 50.3 Å². The minimum absolute atomic E-state index is 0.433. The molecule has 6 nitrogen and oxygen atoms in total. The quantitative estimate of drug-likeness (QED) is 0.802. The standard InChI is InChI=1S/C19H15ClN4O2/c1-3-4-15-17(9-21,10-22)18(11-23)12(2)19(25-15,26-16(18)24)13-5-7-14(20)8-6-13/h3-8,12,15,24H,1-2H3. The van der Waals surface area contributed by atoms with Crippen LogP contribution in [0.2, 0.25) is 5.02 Å². The van der Waals surface area contributed by atoms with Crippen LogP contribution >= 0.6 is 11.6 Å². The highest BCUT2D eigenvalue weighted by Crippen LogP contribution is 2.65. The number of rotatable bonds is 2. The zero-order chi connectivity index (χ0) is 19.2. The minimum Gasteiger partial charge on any atom is -0.443 e. The van der Waals surface area contributed by atoms with Gasteiger partial charge in [-0.1, -0.05) is 42.8 Å². The molecule has 2 bridgehead atoms. The molecule has 7 heteroatoms. The number of hydrogen-bond acceptors (Lipinski definition) is 6. The molecule has 2 heterocycles. The van der Waals surface area contributed by atoms with E-state index in [0.29, 0.717) is 10.6 Å². The van der Waals surface area contributed by atoms with E-state index in [2.05, 4.69) is 6.07 Å². The van der Waals surface area contributed by atoms with E-state index in [0.717, 1.165) is 0 Å². The van der Waals surface area contributed by atoms with Crippen LogP contribution in [0, 0.1) is 56.2 Å². The molecule has 0 amide bonds. The van der Waals surface area contributed by atoms with Crippen LogP contribution in [0.5, 0.6) is 0 Å². The monoisotopic (exact) mass is 366 g/mol. The predicted molar refractivity (Wildman–Crippen MR) is 92.5 cm³/mol. The maximum absolute atomic E-state index is 10.0. The number of ether oxygens (including phenoxy) is 2. The molecule has 0 aromatic heterocycles. The molecule has 0 spiro atoms. The van der Waals surface area contributed by atoms with Gasteiger partial charge < -0.3 is 9.47 Å². The SMILES string of the molecule is CC=CC1OC2(c3ccc(Cl)cc3)OC(=N)C(C#N)(C2C)C1(C#N)C#N. The number of nitrogens with one attached hydrogen (secondary N) is 1. The molecule has 2 saturated heterocycles. The largest absolute Gasteiger partial charge is 0.443 e. The zero-order valence-electron chi connectivity index (χ0n) is 14.2. The van der Waals surface area contributed by atoms with Crippen molar-refractivity contribution in [2.75, 3.05) is 0 Å². The average molecular weight is 367 g/mol. The second kappa shape index (κ2) is 5.85. The lowest BCUT2D eigenvalue weighted by Crippen LogP contribution is -2.60. The Balaban J connectivity index is 2.33. The molecule has 0 aliphatic carbocycles. The molecule has 26 heavy (non-hydrogen) atoms. The van der Waals surface area contributed by atoms with E-state index in [4.69, 9.17) is 26.5 Å². The molecule has 3 rings (SSSR count). The molecule has 1 N–H and O–H groups in total. The van der Waals surface area contributed by atoms with Gasteiger partial charge in [0.2, 0.25) is 17.1 Å². The summed E-state index contributed by atoms with van der Waals surface area (Å²) in [5, 5.41) is 38.7. The first-order valence-electron chi connectivity index (χ1n) is 7.97. The smallest absolute Gasteiger partial charge is 0.244 e. The summed E-state index contributed by atoms with van der Waals surface area (Å²) >= 11 is 5.96. The predicted octanol–water partition coefficient (Wildman–Crippen LogP) is 3.65. The van der Waals surface area contributed by atoms with Crippen molar-refractivity contribution < 1.29 is 9.47 Å². The fraction of sp³-hybridized carbons (Fsp3) is 0.368. The van der Waals surface area contributed by atoms with Crippen molar-refractivity contribution in [1.29, 1.82) is 21.2 Å². The van der Waals surface area contributed by atoms with Gasteiger partial charge in [-0.05, 0) is 19.1 Å². The van der Waals surface area contributed by atoms with E-state index < -0.39 is 34.5 Å². The van der Waals surface area contributed by atoms with Crippen molar-refractivity contribution in [3.63, 3.8) is 0 Å². The van der Waals surface area contributed by atoms with Gasteiger partial charge in [-0.25, -0.2) is 0 Å². The van der Waals surface area contributed by atoms with E-state index in [1.807, 2.05) is 12.1 Å². The van der Waals surface area contributed by atoms with E-state index in [-0.39, 0.29) is 0 Å². The number of halogens is 1. The number of hydrogen-bond donors (Lipinski definition) is 1. The number of allylic oxidation sites excluding steroid dienone is 1. The van der Waals surface area contributed by atoms with E-state index in [1.165, 1.54) is 0 Å². The third kappa shape index (κ3) is 1.85. The second-order valence-corrected chi connectivity index (χ2v) is 6.78. The van der Waals surface area contributed by atoms with Crippen molar-refractivity contribution >= 4 is 17.5 Å². The van der Waals surface area contributed by atoms with Gasteiger partial charge in [0, 0.05) is 10.6 Å². The molecule has 4 unspecified atom stereocenters. The summed E-state index contributed by atoms with van der Waals surface area (Å²) in [6.45, 7) is 3.39. The van der Waals surface area contributed by atoms with Gasteiger partial charge in [0.25, 0.3) is 0 Å². The molecule has 1 aromatic rings. The summed E-state index contributed by atoms with van der Waals surface area (Å²) < 4.78 is 11.9. The maximum atomic E-state index is 10.0. The van der Waals surface area contributed by atoms with Gasteiger partial charge in [0.15, 0.2) is 5.41 Å². The molecule has 4 atom stereocenters. The molecule has 2 fully saturated rings. The Morgan fingerprint density at radius 1 is 1.15 bits per heavy atom. The number of nitriles is 3. The van der Waals surface area contributed by atoms with Crippen LogP contribution in [0.25, 0.3) is 0 Å². The highest BCUT2D eigenvalue weighted by Gasteiger charge is 2.79. The van der Waals surface area contributed by atoms with Crippen molar-refractivity contribution in [2.24, 2.45) is 16.7 Å². The van der Waals surface area contributed by atoms with Crippen molar-refractivity contribution in [3.05, 3.63) is 47.0 Å². The molecular formula is C19H15ClN4O2. The first kappa shape index (κ1) is 18.0. The third-order valence-corrected chi connectivity index (χ3v) is 5.58. The van der Waals surface area contributed by atoms with Crippen molar-refractivity contribution in [1.82, 2.24) is 0 Å². The normalized spacial score (nSPS) is 34.5. The number of nitrogens with zero attached hydrogens (tertiary/aromatic N) is 3. The third-order valence-electron chi connectivity index (χ3n) is 5.33. The summed E-state index contributed by atoms with van der Waals surface area (Å²) in [7, 11) is 0. The summed E-state index contributed by atoms with van der Waals surface area (Å²) in [6.07, 6.45) is 2.15. The Morgan fingerprint density at radius 2 is 1.77 bits per heavy atom. The lowest BCUT2D eigenvalue weighted by atomic mass is 9.54. The summed E-state index contributed by atoms with van der Waals surface area (Å²) in [5.74, 6) is -2.66. The summed E-state index contributed by atoms with van der Waals surface area (Å²) in [6, 6.07) is 12.7. The second-order valence-electron chi connectivity index (χ2n) is 6.34. The molecule has 0 saturated carbocycles. The van der Waals surface area contributed by atoms with Crippen LogP contribution in [-0.4, -0.2) is 12.0 Å². The first-order valence-corrected chi connectivity index (χ1v) is 8.34. The lowest BCUT2D eigenvalue weighted by Gasteiger charge is -2.47.